The van der Waals surface area contributed by atoms with E-state index in [-0.39, 0.29) is 41.8 Å². The van der Waals surface area contributed by atoms with Gasteiger partial charge >= 0.3 is 0 Å². The van der Waals surface area contributed by atoms with Crippen molar-refractivity contribution in [2.75, 3.05) is 46.2 Å². The molecular weight excluding hydrogens is 498 g/mol. The SMILES string of the molecule is Cc1ccc(/C(C=O)=C(\O)C2CCC(OCCOCCOCCOCC(=O)NC(C)C(C)(C)C)CC2)c(C)c1. The van der Waals surface area contributed by atoms with Gasteiger partial charge in [0.05, 0.1) is 51.3 Å². The van der Waals surface area contributed by atoms with Crippen LogP contribution in [0, 0.1) is 25.2 Å². The molecule has 2 N–H and O–H groups in total. The second-order valence-electron chi connectivity index (χ2n) is 11.5. The highest BCUT2D eigenvalue weighted by molar-refractivity contribution is 6.08. The van der Waals surface area contributed by atoms with Crippen LogP contribution in [0.4, 0.5) is 0 Å². The van der Waals surface area contributed by atoms with Gasteiger partial charge in [-0.25, -0.2) is 0 Å². The number of aldehydes is 1. The van der Waals surface area contributed by atoms with Crippen LogP contribution >= 0.6 is 0 Å². The van der Waals surface area contributed by atoms with Crippen molar-refractivity contribution >= 4 is 17.8 Å². The van der Waals surface area contributed by atoms with Crippen LogP contribution in [0.3, 0.4) is 0 Å². The zero-order valence-electron chi connectivity index (χ0n) is 24.7. The van der Waals surface area contributed by atoms with E-state index in [1.807, 2.05) is 39.0 Å². The molecule has 1 amide bonds. The van der Waals surface area contributed by atoms with Gasteiger partial charge in [-0.1, -0.05) is 44.5 Å². The molecule has 0 radical (unpaired) electrons. The average Bonchev–Trinajstić information content (AvgIpc) is 2.88. The number of carbonyl (C=O) groups is 2. The number of rotatable bonds is 16. The Morgan fingerprint density at radius 3 is 2.15 bits per heavy atom. The molecule has 1 aromatic rings. The predicted molar refractivity (Wildman–Crippen MR) is 153 cm³/mol. The van der Waals surface area contributed by atoms with Gasteiger partial charge in [0.15, 0.2) is 6.29 Å². The number of allylic oxidation sites excluding steroid dienone is 2. The summed E-state index contributed by atoms with van der Waals surface area (Å²) in [5.74, 6) is 0.0534. The molecular formula is C31H49NO7. The van der Waals surface area contributed by atoms with Crippen molar-refractivity contribution in [1.29, 1.82) is 0 Å². The van der Waals surface area contributed by atoms with E-state index in [9.17, 15) is 14.7 Å². The number of aliphatic hydroxyl groups excluding tert-OH is 1. The Morgan fingerprint density at radius 2 is 1.59 bits per heavy atom. The van der Waals surface area contributed by atoms with Crippen molar-refractivity contribution in [2.24, 2.45) is 11.3 Å². The molecule has 8 heteroatoms. The summed E-state index contributed by atoms with van der Waals surface area (Å²) in [5, 5.41) is 13.8. The van der Waals surface area contributed by atoms with Gasteiger partial charge in [-0.2, -0.15) is 0 Å². The molecule has 0 aromatic heterocycles. The standard InChI is InChI=1S/C31H49NO7/c1-22-7-12-27(23(2)19-22)28(20-33)30(35)25-8-10-26(11-9-25)39-18-17-37-14-13-36-15-16-38-21-29(34)32-24(3)31(4,5)6/h7,12,19-20,24-26,35H,8-11,13-18,21H2,1-6H3,(H,32,34)/b30-28-. The second kappa shape index (κ2) is 16.8. The average molecular weight is 548 g/mol. The summed E-state index contributed by atoms with van der Waals surface area (Å²) in [6, 6.07) is 5.97. The Morgan fingerprint density at radius 1 is 1.00 bits per heavy atom. The van der Waals surface area contributed by atoms with Crippen molar-refractivity contribution in [2.45, 2.75) is 79.4 Å². The molecule has 2 rings (SSSR count). The molecule has 220 valence electrons. The van der Waals surface area contributed by atoms with Gasteiger partial charge in [-0.05, 0) is 63.0 Å². The Bertz CT molecular complexity index is 929. The van der Waals surface area contributed by atoms with Crippen LogP contribution in [-0.2, 0) is 28.5 Å². The fourth-order valence-corrected chi connectivity index (χ4v) is 4.48. The first-order valence-electron chi connectivity index (χ1n) is 14.1. The zero-order valence-corrected chi connectivity index (χ0v) is 24.7. The maximum Gasteiger partial charge on any atom is 0.246 e. The highest BCUT2D eigenvalue weighted by Gasteiger charge is 2.27. The molecule has 1 atom stereocenters. The third-order valence-electron chi connectivity index (χ3n) is 7.36. The lowest BCUT2D eigenvalue weighted by Gasteiger charge is -2.29. The number of carbonyl (C=O) groups excluding carboxylic acids is 2. The minimum absolute atomic E-state index is 0.00842. The monoisotopic (exact) mass is 547 g/mol. The first kappa shape index (κ1) is 32.9. The van der Waals surface area contributed by atoms with Gasteiger partial charge in [0.2, 0.25) is 5.91 Å². The van der Waals surface area contributed by atoms with Crippen LogP contribution < -0.4 is 5.32 Å². The molecule has 1 saturated carbocycles. The number of hydrogen-bond acceptors (Lipinski definition) is 7. The lowest BCUT2D eigenvalue weighted by molar-refractivity contribution is -0.127. The van der Waals surface area contributed by atoms with Crippen molar-refractivity contribution in [3.05, 3.63) is 40.6 Å². The molecule has 1 aliphatic rings. The normalized spacial score (nSPS) is 19.3. The van der Waals surface area contributed by atoms with E-state index < -0.39 is 0 Å². The Balaban J connectivity index is 1.52. The summed E-state index contributed by atoms with van der Waals surface area (Å²) >= 11 is 0. The van der Waals surface area contributed by atoms with E-state index in [1.54, 1.807) is 0 Å². The fraction of sp³-hybridized carbons (Fsp3) is 0.677. The van der Waals surface area contributed by atoms with E-state index in [0.717, 1.165) is 48.7 Å². The lowest BCUT2D eigenvalue weighted by Crippen LogP contribution is -2.43. The number of aliphatic hydroxyl groups is 1. The lowest BCUT2D eigenvalue weighted by atomic mass is 9.83. The number of ether oxygens (including phenoxy) is 4. The molecule has 0 saturated heterocycles. The Kier molecular flexibility index (Phi) is 14.2. The quantitative estimate of drug-likeness (QED) is 0.131. The summed E-state index contributed by atoms with van der Waals surface area (Å²) in [7, 11) is 0. The van der Waals surface area contributed by atoms with Crippen LogP contribution in [0.2, 0.25) is 0 Å². The van der Waals surface area contributed by atoms with Crippen LogP contribution in [0.5, 0.6) is 0 Å². The van der Waals surface area contributed by atoms with Gasteiger partial charge in [-0.3, -0.25) is 9.59 Å². The van der Waals surface area contributed by atoms with Crippen LogP contribution in [0.15, 0.2) is 24.0 Å². The van der Waals surface area contributed by atoms with Crippen molar-refractivity contribution in [3.63, 3.8) is 0 Å². The topological polar surface area (TPSA) is 103 Å². The first-order valence-corrected chi connectivity index (χ1v) is 14.1. The molecule has 0 spiro atoms. The molecule has 1 unspecified atom stereocenters. The van der Waals surface area contributed by atoms with Gasteiger partial charge in [-0.15, -0.1) is 0 Å². The van der Waals surface area contributed by atoms with E-state index >= 15 is 0 Å². The summed E-state index contributed by atoms with van der Waals surface area (Å²) in [5.41, 5.74) is 3.33. The molecule has 1 aliphatic carbocycles. The number of hydrogen-bond donors (Lipinski definition) is 2. The maximum absolute atomic E-state index is 11.9. The zero-order chi connectivity index (χ0) is 28.8. The minimum Gasteiger partial charge on any atom is -0.511 e. The molecule has 1 fully saturated rings. The number of benzene rings is 1. The minimum atomic E-state index is -0.120. The van der Waals surface area contributed by atoms with Crippen LogP contribution in [0.25, 0.3) is 5.57 Å². The smallest absolute Gasteiger partial charge is 0.246 e. The van der Waals surface area contributed by atoms with Crippen molar-refractivity contribution in [3.8, 4) is 0 Å². The van der Waals surface area contributed by atoms with E-state index in [2.05, 4.69) is 26.1 Å². The van der Waals surface area contributed by atoms with Crippen LogP contribution in [-0.4, -0.2) is 75.7 Å². The Hall–Kier alpha value is -2.26. The number of aryl methyl sites for hydroxylation is 2. The number of amides is 1. The van der Waals surface area contributed by atoms with Gasteiger partial charge in [0, 0.05) is 12.0 Å². The molecule has 0 heterocycles. The van der Waals surface area contributed by atoms with Gasteiger partial charge in [0.25, 0.3) is 0 Å². The Labute approximate surface area is 234 Å². The highest BCUT2D eigenvalue weighted by atomic mass is 16.6. The third-order valence-corrected chi connectivity index (χ3v) is 7.36. The maximum atomic E-state index is 11.9. The van der Waals surface area contributed by atoms with Crippen molar-refractivity contribution in [1.82, 2.24) is 5.32 Å². The second-order valence-corrected chi connectivity index (χ2v) is 11.5. The molecule has 39 heavy (non-hydrogen) atoms. The van der Waals surface area contributed by atoms with E-state index in [4.69, 9.17) is 18.9 Å². The molecule has 0 bridgehead atoms. The largest absolute Gasteiger partial charge is 0.511 e. The third kappa shape index (κ3) is 11.8. The summed E-state index contributed by atoms with van der Waals surface area (Å²) < 4.78 is 22.4. The summed E-state index contributed by atoms with van der Waals surface area (Å²) in [6.45, 7) is 14.9. The van der Waals surface area contributed by atoms with E-state index in [1.165, 1.54) is 0 Å². The number of nitrogens with one attached hydrogen (secondary N) is 1. The summed E-state index contributed by atoms with van der Waals surface area (Å²) in [6.07, 6.45) is 4.15. The van der Waals surface area contributed by atoms with Crippen molar-refractivity contribution < 1.29 is 33.6 Å². The highest BCUT2D eigenvalue weighted by Crippen LogP contribution is 2.34. The molecule has 0 aliphatic heterocycles. The van der Waals surface area contributed by atoms with Gasteiger partial charge < -0.3 is 29.4 Å². The fourth-order valence-electron chi connectivity index (χ4n) is 4.48. The predicted octanol–water partition coefficient (Wildman–Crippen LogP) is 4.95. The first-order chi connectivity index (χ1) is 18.5. The molecule has 8 nitrogen and oxygen atoms in total. The van der Waals surface area contributed by atoms with Crippen LogP contribution in [0.1, 0.15) is 70.1 Å². The molecule has 1 aromatic carbocycles. The summed E-state index contributed by atoms with van der Waals surface area (Å²) in [4.78, 5) is 23.7. The van der Waals surface area contributed by atoms with Gasteiger partial charge in [0.1, 0.15) is 12.4 Å². The van der Waals surface area contributed by atoms with E-state index in [0.29, 0.717) is 45.2 Å².